The fraction of sp³-hybridized carbons (Fsp3) is 0.727. The third kappa shape index (κ3) is 5.25. The summed E-state index contributed by atoms with van der Waals surface area (Å²) in [5.41, 5.74) is 7.05. The van der Waals surface area contributed by atoms with E-state index >= 15 is 0 Å². The molecule has 1 rings (SSSR count). The van der Waals surface area contributed by atoms with Crippen LogP contribution in [0.3, 0.4) is 0 Å². The number of hydrogen-bond acceptors (Lipinski definition) is 4. The molecule has 86 valence electrons. The summed E-state index contributed by atoms with van der Waals surface area (Å²) < 4.78 is 0. The van der Waals surface area contributed by atoms with Gasteiger partial charge in [0.05, 0.1) is 0 Å². The first-order valence-electron chi connectivity index (χ1n) is 5.59. The Morgan fingerprint density at radius 3 is 3.00 bits per heavy atom. The van der Waals surface area contributed by atoms with Gasteiger partial charge >= 0.3 is 0 Å². The highest BCUT2D eigenvalue weighted by Crippen LogP contribution is 2.07. The summed E-state index contributed by atoms with van der Waals surface area (Å²) in [7, 11) is 0. The molecule has 15 heavy (non-hydrogen) atoms. The van der Waals surface area contributed by atoms with Crippen molar-refractivity contribution in [1.82, 2.24) is 10.3 Å². The van der Waals surface area contributed by atoms with E-state index < -0.39 is 0 Å². The van der Waals surface area contributed by atoms with Crippen LogP contribution in [0.5, 0.6) is 0 Å². The fourth-order valence-corrected chi connectivity index (χ4v) is 2.16. The average Bonchev–Trinajstić information content (AvgIpc) is 2.61. The Morgan fingerprint density at radius 1 is 1.60 bits per heavy atom. The predicted molar refractivity (Wildman–Crippen MR) is 66.1 cm³/mol. The smallest absolute Gasteiger partial charge is 0.107 e. The van der Waals surface area contributed by atoms with Gasteiger partial charge in [0, 0.05) is 30.2 Å². The number of rotatable bonds is 7. The van der Waals surface area contributed by atoms with Gasteiger partial charge in [0.25, 0.3) is 0 Å². The first kappa shape index (κ1) is 12.6. The van der Waals surface area contributed by atoms with Crippen LogP contribution in [0.25, 0.3) is 0 Å². The van der Waals surface area contributed by atoms with Crippen molar-refractivity contribution in [3.05, 3.63) is 16.1 Å². The zero-order chi connectivity index (χ0) is 11.1. The minimum Gasteiger partial charge on any atom is -0.327 e. The first-order chi connectivity index (χ1) is 7.22. The SMILES string of the molecule is CCCCC(N)CNCc1nc(C)cs1. The molecule has 1 aromatic rings. The molecule has 3 nitrogen and oxygen atoms in total. The van der Waals surface area contributed by atoms with E-state index in [1.807, 2.05) is 6.92 Å². The van der Waals surface area contributed by atoms with Gasteiger partial charge in [-0.05, 0) is 13.3 Å². The Balaban J connectivity index is 2.10. The maximum Gasteiger partial charge on any atom is 0.107 e. The Kier molecular flexibility index (Phi) is 5.83. The molecule has 0 saturated carbocycles. The van der Waals surface area contributed by atoms with E-state index in [0.717, 1.165) is 30.2 Å². The van der Waals surface area contributed by atoms with E-state index in [-0.39, 0.29) is 6.04 Å². The van der Waals surface area contributed by atoms with Crippen LogP contribution in [-0.4, -0.2) is 17.6 Å². The molecule has 1 aromatic heterocycles. The van der Waals surface area contributed by atoms with Gasteiger partial charge in [-0.3, -0.25) is 0 Å². The Hall–Kier alpha value is -0.450. The lowest BCUT2D eigenvalue weighted by Crippen LogP contribution is -2.33. The molecule has 0 aliphatic heterocycles. The van der Waals surface area contributed by atoms with Gasteiger partial charge in [-0.2, -0.15) is 0 Å². The van der Waals surface area contributed by atoms with Crippen molar-refractivity contribution in [1.29, 1.82) is 0 Å². The highest BCUT2D eigenvalue weighted by Gasteiger charge is 2.02. The van der Waals surface area contributed by atoms with Crippen molar-refractivity contribution in [3.63, 3.8) is 0 Å². The maximum atomic E-state index is 5.95. The van der Waals surface area contributed by atoms with Crippen LogP contribution in [0.1, 0.15) is 36.9 Å². The number of nitrogens with two attached hydrogens (primary N) is 1. The summed E-state index contributed by atoms with van der Waals surface area (Å²) in [4.78, 5) is 4.38. The average molecular weight is 227 g/mol. The summed E-state index contributed by atoms with van der Waals surface area (Å²) >= 11 is 1.70. The first-order valence-corrected chi connectivity index (χ1v) is 6.47. The van der Waals surface area contributed by atoms with Crippen molar-refractivity contribution in [2.45, 2.75) is 45.7 Å². The zero-order valence-corrected chi connectivity index (χ0v) is 10.4. The van der Waals surface area contributed by atoms with E-state index in [1.165, 1.54) is 12.8 Å². The molecule has 4 heteroatoms. The molecule has 1 atom stereocenters. The van der Waals surface area contributed by atoms with Crippen molar-refractivity contribution in [2.24, 2.45) is 5.73 Å². The fourth-order valence-electron chi connectivity index (χ4n) is 1.42. The number of thiazole rings is 1. The lowest BCUT2D eigenvalue weighted by atomic mass is 10.1. The van der Waals surface area contributed by atoms with E-state index in [2.05, 4.69) is 22.6 Å². The number of aryl methyl sites for hydroxylation is 1. The molecule has 0 saturated heterocycles. The van der Waals surface area contributed by atoms with Crippen LogP contribution in [0.15, 0.2) is 5.38 Å². The third-order valence-corrected chi connectivity index (χ3v) is 3.24. The number of hydrogen-bond donors (Lipinski definition) is 2. The Bertz CT molecular complexity index is 273. The van der Waals surface area contributed by atoms with Crippen LogP contribution in [-0.2, 0) is 6.54 Å². The van der Waals surface area contributed by atoms with E-state index in [1.54, 1.807) is 11.3 Å². The predicted octanol–water partition coefficient (Wildman–Crippen LogP) is 2.06. The Morgan fingerprint density at radius 2 is 2.40 bits per heavy atom. The maximum absolute atomic E-state index is 5.95. The van der Waals surface area contributed by atoms with E-state index in [4.69, 9.17) is 5.73 Å². The molecule has 0 fully saturated rings. The van der Waals surface area contributed by atoms with Crippen LogP contribution in [0, 0.1) is 6.92 Å². The van der Waals surface area contributed by atoms with Crippen molar-refractivity contribution >= 4 is 11.3 Å². The number of aromatic nitrogens is 1. The van der Waals surface area contributed by atoms with Gasteiger partial charge in [0.2, 0.25) is 0 Å². The van der Waals surface area contributed by atoms with Crippen LogP contribution in [0.4, 0.5) is 0 Å². The quantitative estimate of drug-likeness (QED) is 0.749. The van der Waals surface area contributed by atoms with Gasteiger partial charge in [0.15, 0.2) is 0 Å². The second kappa shape index (κ2) is 6.93. The second-order valence-electron chi connectivity index (χ2n) is 3.92. The van der Waals surface area contributed by atoms with Crippen molar-refractivity contribution < 1.29 is 0 Å². The number of nitrogens with one attached hydrogen (secondary N) is 1. The minimum atomic E-state index is 0.283. The molecule has 0 bridgehead atoms. The standard InChI is InChI=1S/C11H21N3S/c1-3-4-5-10(12)6-13-7-11-14-9(2)8-15-11/h8,10,13H,3-7,12H2,1-2H3. The molecule has 0 aromatic carbocycles. The van der Waals surface area contributed by atoms with E-state index in [0.29, 0.717) is 0 Å². The normalized spacial score (nSPS) is 13.0. The molecule has 3 N–H and O–H groups in total. The lowest BCUT2D eigenvalue weighted by Gasteiger charge is -2.10. The topological polar surface area (TPSA) is 50.9 Å². The van der Waals surface area contributed by atoms with E-state index in [9.17, 15) is 0 Å². The van der Waals surface area contributed by atoms with Gasteiger partial charge in [0.1, 0.15) is 5.01 Å². The van der Waals surface area contributed by atoms with Gasteiger partial charge < -0.3 is 11.1 Å². The molecule has 0 radical (unpaired) electrons. The molecular weight excluding hydrogens is 206 g/mol. The summed E-state index contributed by atoms with van der Waals surface area (Å²) in [5, 5.41) is 6.57. The zero-order valence-electron chi connectivity index (χ0n) is 9.62. The lowest BCUT2D eigenvalue weighted by molar-refractivity contribution is 0.524. The van der Waals surface area contributed by atoms with Crippen LogP contribution >= 0.6 is 11.3 Å². The number of nitrogens with zero attached hydrogens (tertiary/aromatic N) is 1. The molecular formula is C11H21N3S. The largest absolute Gasteiger partial charge is 0.327 e. The summed E-state index contributed by atoms with van der Waals surface area (Å²) in [6, 6.07) is 0.283. The van der Waals surface area contributed by atoms with Gasteiger partial charge in [-0.1, -0.05) is 19.8 Å². The summed E-state index contributed by atoms with van der Waals surface area (Å²) in [6.45, 7) is 5.95. The number of unbranched alkanes of at least 4 members (excludes halogenated alkanes) is 1. The minimum absolute atomic E-state index is 0.283. The monoisotopic (exact) mass is 227 g/mol. The molecule has 0 aliphatic rings. The molecule has 0 aliphatic carbocycles. The molecule has 0 spiro atoms. The van der Waals surface area contributed by atoms with Crippen LogP contribution < -0.4 is 11.1 Å². The highest BCUT2D eigenvalue weighted by atomic mass is 32.1. The van der Waals surface area contributed by atoms with Crippen LogP contribution in [0.2, 0.25) is 0 Å². The van der Waals surface area contributed by atoms with Gasteiger partial charge in [-0.15, -0.1) is 11.3 Å². The molecule has 1 unspecified atom stereocenters. The van der Waals surface area contributed by atoms with Gasteiger partial charge in [-0.25, -0.2) is 4.98 Å². The highest BCUT2D eigenvalue weighted by molar-refractivity contribution is 7.09. The van der Waals surface area contributed by atoms with Crippen molar-refractivity contribution in [3.8, 4) is 0 Å². The molecule has 1 heterocycles. The second-order valence-corrected chi connectivity index (χ2v) is 4.86. The van der Waals surface area contributed by atoms with Crippen molar-refractivity contribution in [2.75, 3.05) is 6.54 Å². The molecule has 0 amide bonds. The summed E-state index contributed by atoms with van der Waals surface area (Å²) in [5.74, 6) is 0. The Labute approximate surface area is 96.1 Å². The third-order valence-electron chi connectivity index (χ3n) is 2.28. The summed E-state index contributed by atoms with van der Waals surface area (Å²) in [6.07, 6.45) is 3.55.